The fourth-order valence-electron chi connectivity index (χ4n) is 2.20. The molecule has 0 aliphatic heterocycles. The Balaban J connectivity index is 2.12. The Hall–Kier alpha value is -0.870. The third kappa shape index (κ3) is 3.33. The first-order valence-corrected chi connectivity index (χ1v) is 8.21. The SMILES string of the molecule is CCNC(CS(=O)(=O)c1ccc(C)cc1)C1CC1. The lowest BCUT2D eigenvalue weighted by atomic mass is 10.2. The van der Waals surface area contributed by atoms with Crippen LogP contribution in [0.1, 0.15) is 25.3 Å². The van der Waals surface area contributed by atoms with Crippen molar-refractivity contribution in [3.05, 3.63) is 29.8 Å². The fourth-order valence-corrected chi connectivity index (χ4v) is 3.81. The zero-order valence-electron chi connectivity index (χ0n) is 11.0. The molecule has 0 amide bonds. The van der Waals surface area contributed by atoms with Gasteiger partial charge < -0.3 is 5.32 Å². The van der Waals surface area contributed by atoms with Crippen molar-refractivity contribution in [2.24, 2.45) is 5.92 Å². The van der Waals surface area contributed by atoms with Gasteiger partial charge >= 0.3 is 0 Å². The van der Waals surface area contributed by atoms with Gasteiger partial charge in [-0.1, -0.05) is 24.6 Å². The molecule has 0 spiro atoms. The lowest BCUT2D eigenvalue weighted by Crippen LogP contribution is -2.37. The topological polar surface area (TPSA) is 46.2 Å². The molecule has 1 aromatic carbocycles. The number of nitrogens with one attached hydrogen (secondary N) is 1. The Morgan fingerprint density at radius 2 is 1.89 bits per heavy atom. The van der Waals surface area contributed by atoms with Crippen LogP contribution in [0, 0.1) is 12.8 Å². The number of aryl methyl sites for hydroxylation is 1. The summed E-state index contributed by atoms with van der Waals surface area (Å²) in [6.07, 6.45) is 2.31. The van der Waals surface area contributed by atoms with Crippen molar-refractivity contribution < 1.29 is 8.42 Å². The summed E-state index contributed by atoms with van der Waals surface area (Å²) in [7, 11) is -3.17. The van der Waals surface area contributed by atoms with E-state index < -0.39 is 9.84 Å². The highest BCUT2D eigenvalue weighted by Crippen LogP contribution is 2.33. The van der Waals surface area contributed by atoms with Crippen molar-refractivity contribution in [1.82, 2.24) is 5.32 Å². The van der Waals surface area contributed by atoms with Crippen LogP contribution in [0.3, 0.4) is 0 Å². The molecule has 0 radical (unpaired) electrons. The van der Waals surface area contributed by atoms with Gasteiger partial charge in [-0.2, -0.15) is 0 Å². The zero-order chi connectivity index (χ0) is 13.2. The van der Waals surface area contributed by atoms with Crippen LogP contribution in [-0.4, -0.2) is 26.8 Å². The van der Waals surface area contributed by atoms with E-state index in [0.29, 0.717) is 10.8 Å². The summed E-state index contributed by atoms with van der Waals surface area (Å²) in [5.41, 5.74) is 1.08. The predicted octanol–water partition coefficient (Wildman–Crippen LogP) is 2.16. The maximum absolute atomic E-state index is 12.3. The molecule has 0 aromatic heterocycles. The van der Waals surface area contributed by atoms with Crippen LogP contribution in [0.2, 0.25) is 0 Å². The highest BCUT2D eigenvalue weighted by atomic mass is 32.2. The van der Waals surface area contributed by atoms with Gasteiger partial charge in [0.15, 0.2) is 9.84 Å². The molecular weight excluding hydrogens is 246 g/mol. The average Bonchev–Trinajstić information content (AvgIpc) is 3.12. The molecule has 0 saturated heterocycles. The van der Waals surface area contributed by atoms with Gasteiger partial charge in [0.25, 0.3) is 0 Å². The molecular formula is C14H21NO2S. The molecule has 1 N–H and O–H groups in total. The zero-order valence-corrected chi connectivity index (χ0v) is 11.8. The van der Waals surface area contributed by atoms with E-state index in [-0.39, 0.29) is 11.8 Å². The molecule has 1 aliphatic carbocycles. The average molecular weight is 267 g/mol. The second-order valence-electron chi connectivity index (χ2n) is 5.10. The first-order valence-electron chi connectivity index (χ1n) is 6.55. The van der Waals surface area contributed by atoms with Crippen molar-refractivity contribution in [1.29, 1.82) is 0 Å². The van der Waals surface area contributed by atoms with Crippen molar-refractivity contribution in [3.8, 4) is 0 Å². The maximum Gasteiger partial charge on any atom is 0.179 e. The van der Waals surface area contributed by atoms with Gasteiger partial charge in [0, 0.05) is 6.04 Å². The van der Waals surface area contributed by atoms with E-state index in [1.165, 1.54) is 0 Å². The van der Waals surface area contributed by atoms with Crippen molar-refractivity contribution in [3.63, 3.8) is 0 Å². The number of benzene rings is 1. The second-order valence-corrected chi connectivity index (χ2v) is 7.13. The highest BCUT2D eigenvalue weighted by molar-refractivity contribution is 7.91. The molecule has 100 valence electrons. The van der Waals surface area contributed by atoms with E-state index in [1.807, 2.05) is 26.0 Å². The third-order valence-corrected chi connectivity index (χ3v) is 5.22. The number of hydrogen-bond donors (Lipinski definition) is 1. The molecule has 4 heteroatoms. The third-order valence-electron chi connectivity index (χ3n) is 3.44. The molecule has 2 rings (SSSR count). The minimum atomic E-state index is -3.17. The normalized spacial score (nSPS) is 17.7. The minimum absolute atomic E-state index is 0.112. The van der Waals surface area contributed by atoms with Gasteiger partial charge in [-0.25, -0.2) is 8.42 Å². The first-order chi connectivity index (χ1) is 8.53. The summed E-state index contributed by atoms with van der Waals surface area (Å²) < 4.78 is 24.6. The lowest BCUT2D eigenvalue weighted by Gasteiger charge is -2.17. The van der Waals surface area contributed by atoms with E-state index >= 15 is 0 Å². The Kier molecular flexibility index (Phi) is 4.07. The molecule has 1 aliphatic rings. The van der Waals surface area contributed by atoms with Crippen LogP contribution in [0.4, 0.5) is 0 Å². The summed E-state index contributed by atoms with van der Waals surface area (Å²) in [5.74, 6) is 0.763. The lowest BCUT2D eigenvalue weighted by molar-refractivity contribution is 0.502. The quantitative estimate of drug-likeness (QED) is 0.859. The summed E-state index contributed by atoms with van der Waals surface area (Å²) >= 11 is 0. The number of hydrogen-bond acceptors (Lipinski definition) is 3. The first kappa shape index (κ1) is 13.6. The molecule has 1 aromatic rings. The van der Waals surface area contributed by atoms with Crippen LogP contribution < -0.4 is 5.32 Å². The predicted molar refractivity (Wildman–Crippen MR) is 73.4 cm³/mol. The Bertz CT molecular complexity index is 489. The Morgan fingerprint density at radius 1 is 1.28 bits per heavy atom. The fraction of sp³-hybridized carbons (Fsp3) is 0.571. The monoisotopic (exact) mass is 267 g/mol. The summed E-state index contributed by atoms with van der Waals surface area (Å²) in [5, 5.41) is 3.30. The van der Waals surface area contributed by atoms with Crippen LogP contribution in [0.25, 0.3) is 0 Å². The van der Waals surface area contributed by atoms with Gasteiger partial charge in [0.1, 0.15) is 0 Å². The van der Waals surface area contributed by atoms with Gasteiger partial charge in [0.2, 0.25) is 0 Å². The van der Waals surface area contributed by atoms with E-state index in [9.17, 15) is 8.42 Å². The molecule has 1 saturated carbocycles. The van der Waals surface area contributed by atoms with Gasteiger partial charge in [-0.3, -0.25) is 0 Å². The highest BCUT2D eigenvalue weighted by Gasteiger charge is 2.34. The minimum Gasteiger partial charge on any atom is -0.313 e. The second kappa shape index (κ2) is 5.41. The largest absolute Gasteiger partial charge is 0.313 e. The van der Waals surface area contributed by atoms with Crippen LogP contribution in [-0.2, 0) is 9.84 Å². The van der Waals surface area contributed by atoms with Crippen LogP contribution in [0.5, 0.6) is 0 Å². The van der Waals surface area contributed by atoms with Crippen LogP contribution >= 0.6 is 0 Å². The smallest absolute Gasteiger partial charge is 0.179 e. The Morgan fingerprint density at radius 3 is 2.39 bits per heavy atom. The van der Waals surface area contributed by atoms with Crippen LogP contribution in [0.15, 0.2) is 29.2 Å². The van der Waals surface area contributed by atoms with Gasteiger partial charge in [-0.05, 0) is 44.4 Å². The van der Waals surface area contributed by atoms with E-state index in [1.54, 1.807) is 12.1 Å². The summed E-state index contributed by atoms with van der Waals surface area (Å²) in [6, 6.07) is 7.24. The number of rotatable bonds is 6. The molecule has 1 fully saturated rings. The van der Waals surface area contributed by atoms with Gasteiger partial charge in [0.05, 0.1) is 10.6 Å². The van der Waals surface area contributed by atoms with Crippen molar-refractivity contribution >= 4 is 9.84 Å². The molecule has 1 atom stereocenters. The molecule has 1 unspecified atom stereocenters. The van der Waals surface area contributed by atoms with Crippen molar-refractivity contribution in [2.45, 2.75) is 37.6 Å². The summed E-state index contributed by atoms with van der Waals surface area (Å²) in [6.45, 7) is 4.81. The van der Waals surface area contributed by atoms with E-state index in [4.69, 9.17) is 0 Å². The molecule has 18 heavy (non-hydrogen) atoms. The van der Waals surface area contributed by atoms with E-state index in [0.717, 1.165) is 24.9 Å². The Labute approximate surface area is 110 Å². The molecule has 3 nitrogen and oxygen atoms in total. The number of sulfone groups is 1. The maximum atomic E-state index is 12.3. The standard InChI is InChI=1S/C14H21NO2S/c1-3-15-14(12-6-7-12)10-18(16,17)13-8-4-11(2)5-9-13/h4-5,8-9,12,14-15H,3,6-7,10H2,1-2H3. The van der Waals surface area contributed by atoms with Gasteiger partial charge in [-0.15, -0.1) is 0 Å². The molecule has 0 bridgehead atoms. The summed E-state index contributed by atoms with van der Waals surface area (Å²) in [4.78, 5) is 0.441. The van der Waals surface area contributed by atoms with Crippen molar-refractivity contribution in [2.75, 3.05) is 12.3 Å². The molecule has 0 heterocycles. The van der Waals surface area contributed by atoms with E-state index in [2.05, 4.69) is 5.32 Å².